The maximum Gasteiger partial charge on any atom is 0.258 e. The van der Waals surface area contributed by atoms with E-state index in [1.165, 1.54) is 0 Å². The molecule has 5 nitrogen and oxygen atoms in total. The number of nitrogens with one attached hydrogen (secondary N) is 1. The summed E-state index contributed by atoms with van der Waals surface area (Å²) in [5, 5.41) is 2.86. The molecule has 1 amide bonds. The first-order valence-corrected chi connectivity index (χ1v) is 6.02. The maximum absolute atomic E-state index is 11.5. The lowest BCUT2D eigenvalue weighted by molar-refractivity contribution is -0.123. The van der Waals surface area contributed by atoms with Crippen LogP contribution in [0.1, 0.15) is 18.4 Å². The predicted octanol–water partition coefficient (Wildman–Crippen LogP) is 0.811. The normalized spacial score (nSPS) is 14.1. The third-order valence-corrected chi connectivity index (χ3v) is 2.76. The van der Waals surface area contributed by atoms with Crippen molar-refractivity contribution in [1.82, 2.24) is 5.32 Å². The van der Waals surface area contributed by atoms with Crippen LogP contribution in [0.3, 0.4) is 0 Å². The molecule has 1 aromatic rings. The summed E-state index contributed by atoms with van der Waals surface area (Å²) in [7, 11) is 1.56. The van der Waals surface area contributed by atoms with Crippen LogP contribution >= 0.6 is 0 Å². The van der Waals surface area contributed by atoms with Crippen molar-refractivity contribution < 1.29 is 14.3 Å². The largest absolute Gasteiger partial charge is 0.493 e. The fraction of sp³-hybridized carbons (Fsp3) is 0.462. The Hall–Kier alpha value is -1.75. The molecule has 0 aliphatic heterocycles. The van der Waals surface area contributed by atoms with Crippen LogP contribution < -0.4 is 20.5 Å². The van der Waals surface area contributed by atoms with Crippen LogP contribution in [0.4, 0.5) is 0 Å². The van der Waals surface area contributed by atoms with Gasteiger partial charge in [0.05, 0.1) is 7.11 Å². The highest BCUT2D eigenvalue weighted by Gasteiger charge is 2.23. The van der Waals surface area contributed by atoms with E-state index in [1.54, 1.807) is 19.2 Å². The lowest BCUT2D eigenvalue weighted by Gasteiger charge is -2.11. The number of ether oxygens (including phenoxy) is 2. The highest BCUT2D eigenvalue weighted by Crippen LogP contribution is 2.28. The number of methoxy groups -OCH3 is 1. The van der Waals surface area contributed by atoms with Gasteiger partial charge in [-0.05, 0) is 30.5 Å². The van der Waals surface area contributed by atoms with E-state index < -0.39 is 0 Å². The molecule has 1 aliphatic rings. The number of amides is 1. The summed E-state index contributed by atoms with van der Waals surface area (Å²) in [6.45, 7) is 0.426. The Kier molecular flexibility index (Phi) is 4.04. The van der Waals surface area contributed by atoms with Gasteiger partial charge in [-0.3, -0.25) is 4.79 Å². The molecular weight excluding hydrogens is 232 g/mol. The Morgan fingerprint density at radius 1 is 1.44 bits per heavy atom. The van der Waals surface area contributed by atoms with Crippen LogP contribution in [0.15, 0.2) is 18.2 Å². The van der Waals surface area contributed by atoms with Gasteiger partial charge in [-0.2, -0.15) is 0 Å². The molecule has 0 bridgehead atoms. The summed E-state index contributed by atoms with van der Waals surface area (Å²) in [6, 6.07) is 5.80. The number of carbonyl (C=O) groups excluding carboxylic acids is 1. The van der Waals surface area contributed by atoms with E-state index >= 15 is 0 Å². The Morgan fingerprint density at radius 3 is 2.83 bits per heavy atom. The second-order valence-electron chi connectivity index (χ2n) is 4.32. The molecule has 0 atom stereocenters. The van der Waals surface area contributed by atoms with Gasteiger partial charge in [0.25, 0.3) is 5.91 Å². The molecule has 2 rings (SSSR count). The lowest BCUT2D eigenvalue weighted by Crippen LogP contribution is -2.30. The molecular formula is C13H18N2O3. The average Bonchev–Trinajstić information content (AvgIpc) is 3.19. The van der Waals surface area contributed by atoms with Crippen molar-refractivity contribution >= 4 is 5.91 Å². The topological polar surface area (TPSA) is 73.6 Å². The molecule has 1 saturated carbocycles. The van der Waals surface area contributed by atoms with Crippen molar-refractivity contribution in [1.29, 1.82) is 0 Å². The molecule has 98 valence electrons. The molecule has 1 aromatic carbocycles. The van der Waals surface area contributed by atoms with Gasteiger partial charge in [0.1, 0.15) is 0 Å². The first kappa shape index (κ1) is 12.7. The number of hydrogen-bond donors (Lipinski definition) is 2. The van der Waals surface area contributed by atoms with E-state index in [4.69, 9.17) is 15.2 Å². The zero-order chi connectivity index (χ0) is 13.0. The smallest absolute Gasteiger partial charge is 0.258 e. The Labute approximate surface area is 106 Å². The fourth-order valence-electron chi connectivity index (χ4n) is 1.60. The zero-order valence-corrected chi connectivity index (χ0v) is 10.4. The second-order valence-corrected chi connectivity index (χ2v) is 4.32. The summed E-state index contributed by atoms with van der Waals surface area (Å²) < 4.78 is 10.6. The summed E-state index contributed by atoms with van der Waals surface area (Å²) >= 11 is 0. The van der Waals surface area contributed by atoms with E-state index in [9.17, 15) is 4.79 Å². The summed E-state index contributed by atoms with van der Waals surface area (Å²) in [4.78, 5) is 11.5. The Balaban J connectivity index is 1.95. The molecule has 0 unspecified atom stereocenters. The lowest BCUT2D eigenvalue weighted by atomic mass is 10.2. The van der Waals surface area contributed by atoms with E-state index in [-0.39, 0.29) is 12.5 Å². The van der Waals surface area contributed by atoms with Crippen LogP contribution in [0.5, 0.6) is 11.5 Å². The first-order chi connectivity index (χ1) is 8.72. The minimum Gasteiger partial charge on any atom is -0.493 e. The third-order valence-electron chi connectivity index (χ3n) is 2.76. The Morgan fingerprint density at radius 2 is 2.22 bits per heavy atom. The van der Waals surface area contributed by atoms with Crippen molar-refractivity contribution in [2.24, 2.45) is 5.73 Å². The zero-order valence-electron chi connectivity index (χ0n) is 10.4. The number of nitrogens with two attached hydrogens (primary N) is 1. The number of benzene rings is 1. The van der Waals surface area contributed by atoms with Gasteiger partial charge in [-0.1, -0.05) is 6.07 Å². The van der Waals surface area contributed by atoms with E-state index in [1.807, 2.05) is 6.07 Å². The average molecular weight is 250 g/mol. The van der Waals surface area contributed by atoms with Crippen LogP contribution in [0.2, 0.25) is 0 Å². The van der Waals surface area contributed by atoms with Crippen molar-refractivity contribution in [2.45, 2.75) is 25.4 Å². The molecule has 1 aliphatic carbocycles. The van der Waals surface area contributed by atoms with Crippen molar-refractivity contribution in [3.05, 3.63) is 23.8 Å². The van der Waals surface area contributed by atoms with Crippen LogP contribution in [0.25, 0.3) is 0 Å². The van der Waals surface area contributed by atoms with Gasteiger partial charge >= 0.3 is 0 Å². The van der Waals surface area contributed by atoms with Crippen molar-refractivity contribution in [2.75, 3.05) is 13.7 Å². The third kappa shape index (κ3) is 3.37. The number of hydrogen-bond acceptors (Lipinski definition) is 4. The van der Waals surface area contributed by atoms with E-state index in [0.717, 1.165) is 18.4 Å². The highest BCUT2D eigenvalue weighted by molar-refractivity contribution is 5.78. The first-order valence-electron chi connectivity index (χ1n) is 6.02. The summed E-state index contributed by atoms with van der Waals surface area (Å²) in [5.41, 5.74) is 6.50. The molecule has 18 heavy (non-hydrogen) atoms. The molecule has 3 N–H and O–H groups in total. The van der Waals surface area contributed by atoms with Crippen LogP contribution in [0, 0.1) is 0 Å². The quantitative estimate of drug-likeness (QED) is 0.783. The van der Waals surface area contributed by atoms with Gasteiger partial charge in [0.2, 0.25) is 0 Å². The van der Waals surface area contributed by atoms with Crippen LogP contribution in [-0.2, 0) is 11.3 Å². The van der Waals surface area contributed by atoms with E-state index in [0.29, 0.717) is 24.1 Å². The summed E-state index contributed by atoms with van der Waals surface area (Å²) in [5.74, 6) is 1.05. The summed E-state index contributed by atoms with van der Waals surface area (Å²) in [6.07, 6.45) is 2.13. The molecule has 0 aromatic heterocycles. The number of rotatable bonds is 6. The Bertz CT molecular complexity index is 430. The number of carbonyl (C=O) groups is 1. The molecule has 0 radical (unpaired) electrons. The monoisotopic (exact) mass is 250 g/mol. The van der Waals surface area contributed by atoms with Gasteiger partial charge < -0.3 is 20.5 Å². The minimum absolute atomic E-state index is 0.000878. The second kappa shape index (κ2) is 5.73. The molecule has 0 heterocycles. The molecule has 0 saturated heterocycles. The predicted molar refractivity (Wildman–Crippen MR) is 67.5 cm³/mol. The van der Waals surface area contributed by atoms with Crippen LogP contribution in [-0.4, -0.2) is 25.7 Å². The highest BCUT2D eigenvalue weighted by atomic mass is 16.5. The standard InChI is InChI=1S/C13H18N2O3/c1-17-11-5-2-9(7-14)6-12(11)18-8-13(16)15-10-3-4-10/h2,5-6,10H,3-4,7-8,14H2,1H3,(H,15,16). The van der Waals surface area contributed by atoms with Crippen molar-refractivity contribution in [3.63, 3.8) is 0 Å². The minimum atomic E-state index is -0.0993. The van der Waals surface area contributed by atoms with Gasteiger partial charge in [-0.25, -0.2) is 0 Å². The molecule has 0 spiro atoms. The van der Waals surface area contributed by atoms with Gasteiger partial charge in [0, 0.05) is 12.6 Å². The maximum atomic E-state index is 11.5. The molecule has 1 fully saturated rings. The van der Waals surface area contributed by atoms with Gasteiger partial charge in [0.15, 0.2) is 18.1 Å². The molecule has 5 heteroatoms. The van der Waals surface area contributed by atoms with Crippen molar-refractivity contribution in [3.8, 4) is 11.5 Å². The fourth-order valence-corrected chi connectivity index (χ4v) is 1.60. The SMILES string of the molecule is COc1ccc(CN)cc1OCC(=O)NC1CC1. The van der Waals surface area contributed by atoms with Gasteiger partial charge in [-0.15, -0.1) is 0 Å². The van der Waals surface area contributed by atoms with E-state index in [2.05, 4.69) is 5.32 Å².